The van der Waals surface area contributed by atoms with Gasteiger partial charge in [-0.3, -0.25) is 19.6 Å². The highest BCUT2D eigenvalue weighted by molar-refractivity contribution is 5.79. The predicted octanol–water partition coefficient (Wildman–Crippen LogP) is 1.71. The topological polar surface area (TPSA) is 120 Å². The minimum absolute atomic E-state index is 0.143. The molecule has 36 heavy (non-hydrogen) atoms. The Balaban J connectivity index is 1.34. The lowest BCUT2D eigenvalue weighted by atomic mass is 10.0. The van der Waals surface area contributed by atoms with Gasteiger partial charge >= 0.3 is 5.97 Å². The zero-order valence-corrected chi connectivity index (χ0v) is 21.5. The first-order valence-electron chi connectivity index (χ1n) is 13.6. The van der Waals surface area contributed by atoms with Crippen molar-refractivity contribution in [2.45, 2.75) is 89.8 Å². The van der Waals surface area contributed by atoms with Gasteiger partial charge in [-0.15, -0.1) is 5.10 Å². The first kappa shape index (κ1) is 24.9. The maximum absolute atomic E-state index is 13.0. The van der Waals surface area contributed by atoms with E-state index in [1.807, 2.05) is 23.6 Å². The maximum Gasteiger partial charge on any atom is 0.305 e. The Morgan fingerprint density at radius 3 is 2.81 bits per heavy atom. The Kier molecular flexibility index (Phi) is 7.64. The Morgan fingerprint density at radius 2 is 2.00 bits per heavy atom. The van der Waals surface area contributed by atoms with Crippen molar-refractivity contribution in [3.63, 3.8) is 0 Å². The number of nitrogens with one attached hydrogen (secondary N) is 1. The number of amides is 1. The van der Waals surface area contributed by atoms with E-state index in [0.29, 0.717) is 44.3 Å². The zero-order chi connectivity index (χ0) is 25.1. The standard InChI is InChI=1S/C25H38N8O3/c1-3-36-21(34)12-7-14-33-24(27-29-30-33)23(22-19-10-6-11-20(19)31(2)28-22)26-18-13-15-32(16-18)25(35)17-8-4-5-9-17/h17-18,23,26H,3-16H2,1-2H3. The number of tetrazole rings is 1. The highest BCUT2D eigenvalue weighted by Crippen LogP contribution is 2.33. The van der Waals surface area contributed by atoms with E-state index < -0.39 is 0 Å². The molecule has 2 aromatic rings. The number of rotatable bonds is 10. The summed E-state index contributed by atoms with van der Waals surface area (Å²) in [6.45, 7) is 4.19. The normalized spacial score (nSPS) is 20.7. The molecule has 0 radical (unpaired) electrons. The number of nitrogens with zero attached hydrogens (tertiary/aromatic N) is 7. The molecule has 2 unspecified atom stereocenters. The fourth-order valence-electron chi connectivity index (χ4n) is 6.10. The largest absolute Gasteiger partial charge is 0.466 e. The first-order valence-corrected chi connectivity index (χ1v) is 13.6. The number of aryl methyl sites for hydroxylation is 2. The van der Waals surface area contributed by atoms with Gasteiger partial charge in [0.15, 0.2) is 5.82 Å². The zero-order valence-electron chi connectivity index (χ0n) is 21.5. The molecule has 11 nitrogen and oxygen atoms in total. The summed E-state index contributed by atoms with van der Waals surface area (Å²) in [4.78, 5) is 26.9. The third-order valence-corrected chi connectivity index (χ3v) is 7.90. The molecule has 2 atom stereocenters. The van der Waals surface area contributed by atoms with E-state index in [1.54, 1.807) is 4.68 Å². The summed E-state index contributed by atoms with van der Waals surface area (Å²) in [5, 5.41) is 21.3. The second-order valence-corrected chi connectivity index (χ2v) is 10.3. The lowest BCUT2D eigenvalue weighted by Gasteiger charge is -2.24. The summed E-state index contributed by atoms with van der Waals surface area (Å²) >= 11 is 0. The van der Waals surface area contributed by atoms with Crippen LogP contribution in [0.1, 0.15) is 87.1 Å². The molecule has 0 bridgehead atoms. The minimum atomic E-state index is -0.276. The van der Waals surface area contributed by atoms with E-state index in [2.05, 4.69) is 20.8 Å². The molecule has 3 aliphatic rings. The highest BCUT2D eigenvalue weighted by atomic mass is 16.5. The number of carbonyl (C=O) groups excluding carboxylic acids is 2. The minimum Gasteiger partial charge on any atom is -0.466 e. The number of esters is 1. The summed E-state index contributed by atoms with van der Waals surface area (Å²) in [6.07, 6.45) is 9.35. The maximum atomic E-state index is 13.0. The number of fused-ring (bicyclic) bond motifs is 1. The van der Waals surface area contributed by atoms with Crippen LogP contribution in [0.15, 0.2) is 0 Å². The Hall–Kier alpha value is -2.82. The van der Waals surface area contributed by atoms with Crippen molar-refractivity contribution in [3.8, 4) is 0 Å². The molecule has 2 aliphatic carbocycles. The fraction of sp³-hybridized carbons (Fsp3) is 0.760. The third-order valence-electron chi connectivity index (χ3n) is 7.90. The summed E-state index contributed by atoms with van der Waals surface area (Å²) in [6, 6.07) is -0.133. The van der Waals surface area contributed by atoms with Crippen LogP contribution in [0.25, 0.3) is 0 Å². The van der Waals surface area contributed by atoms with Gasteiger partial charge in [-0.2, -0.15) is 5.10 Å². The van der Waals surface area contributed by atoms with Gasteiger partial charge < -0.3 is 9.64 Å². The van der Waals surface area contributed by atoms with Gasteiger partial charge in [-0.1, -0.05) is 12.8 Å². The molecule has 11 heteroatoms. The molecule has 3 heterocycles. The van der Waals surface area contributed by atoms with Gasteiger partial charge in [-0.25, -0.2) is 4.68 Å². The molecule has 0 spiro atoms. The van der Waals surface area contributed by atoms with Gasteiger partial charge in [0.25, 0.3) is 0 Å². The molecule has 5 rings (SSSR count). The number of hydrogen-bond donors (Lipinski definition) is 1. The first-order chi connectivity index (χ1) is 17.5. The van der Waals surface area contributed by atoms with Crippen molar-refractivity contribution in [1.82, 2.24) is 40.2 Å². The van der Waals surface area contributed by atoms with E-state index in [4.69, 9.17) is 9.84 Å². The molecular formula is C25H38N8O3. The van der Waals surface area contributed by atoms with Gasteiger partial charge in [-0.05, 0) is 67.9 Å². The lowest BCUT2D eigenvalue weighted by Crippen LogP contribution is -2.40. The highest BCUT2D eigenvalue weighted by Gasteiger charge is 2.36. The average Bonchev–Trinajstić information content (AvgIpc) is 3.69. The average molecular weight is 499 g/mol. The summed E-state index contributed by atoms with van der Waals surface area (Å²) < 4.78 is 8.83. The molecular weight excluding hydrogens is 460 g/mol. The van der Waals surface area contributed by atoms with Gasteiger partial charge in [0, 0.05) is 50.8 Å². The summed E-state index contributed by atoms with van der Waals surface area (Å²) in [5.41, 5.74) is 3.54. The fourth-order valence-corrected chi connectivity index (χ4v) is 6.10. The summed E-state index contributed by atoms with van der Waals surface area (Å²) in [7, 11) is 2.00. The molecule has 196 valence electrons. The van der Waals surface area contributed by atoms with Gasteiger partial charge in [0.2, 0.25) is 5.91 Å². The van der Waals surface area contributed by atoms with E-state index in [1.165, 1.54) is 11.3 Å². The van der Waals surface area contributed by atoms with Gasteiger partial charge in [0.1, 0.15) is 6.04 Å². The van der Waals surface area contributed by atoms with Crippen molar-refractivity contribution in [1.29, 1.82) is 0 Å². The van der Waals surface area contributed by atoms with Crippen LogP contribution in [-0.4, -0.2) is 72.5 Å². The Bertz CT molecular complexity index is 1070. The van der Waals surface area contributed by atoms with Crippen LogP contribution in [0.5, 0.6) is 0 Å². The second kappa shape index (κ2) is 11.1. The van der Waals surface area contributed by atoms with Crippen LogP contribution in [0.4, 0.5) is 0 Å². The number of carbonyl (C=O) groups is 2. The van der Waals surface area contributed by atoms with Crippen LogP contribution in [-0.2, 0) is 40.8 Å². The number of likely N-dealkylation sites (tertiary alicyclic amines) is 1. The molecule has 1 N–H and O–H groups in total. The number of hydrogen-bond acceptors (Lipinski definition) is 8. The van der Waals surface area contributed by atoms with Gasteiger partial charge in [0.05, 0.1) is 12.3 Å². The predicted molar refractivity (Wildman–Crippen MR) is 131 cm³/mol. The summed E-state index contributed by atoms with van der Waals surface area (Å²) in [5.74, 6) is 1.01. The number of aromatic nitrogens is 6. The van der Waals surface area contributed by atoms with Crippen molar-refractivity contribution < 1.29 is 14.3 Å². The molecule has 0 aromatic carbocycles. The van der Waals surface area contributed by atoms with Crippen LogP contribution >= 0.6 is 0 Å². The third kappa shape index (κ3) is 5.16. The van der Waals surface area contributed by atoms with E-state index in [0.717, 1.165) is 63.6 Å². The molecule has 1 amide bonds. The van der Waals surface area contributed by atoms with Crippen molar-refractivity contribution in [2.75, 3.05) is 19.7 Å². The quantitative estimate of drug-likeness (QED) is 0.492. The van der Waals surface area contributed by atoms with Crippen molar-refractivity contribution in [3.05, 3.63) is 22.8 Å². The van der Waals surface area contributed by atoms with E-state index in [9.17, 15) is 9.59 Å². The van der Waals surface area contributed by atoms with Crippen LogP contribution in [0.3, 0.4) is 0 Å². The Labute approximate surface area is 211 Å². The number of ether oxygens (including phenoxy) is 1. The van der Waals surface area contributed by atoms with Crippen LogP contribution in [0.2, 0.25) is 0 Å². The smallest absolute Gasteiger partial charge is 0.305 e. The molecule has 2 aromatic heterocycles. The second-order valence-electron chi connectivity index (χ2n) is 10.3. The monoisotopic (exact) mass is 498 g/mol. The van der Waals surface area contributed by atoms with Crippen molar-refractivity contribution >= 4 is 11.9 Å². The molecule has 2 fully saturated rings. The molecule has 1 saturated carbocycles. The van der Waals surface area contributed by atoms with E-state index in [-0.39, 0.29) is 24.0 Å². The van der Waals surface area contributed by atoms with Crippen LogP contribution in [0, 0.1) is 5.92 Å². The van der Waals surface area contributed by atoms with E-state index >= 15 is 0 Å². The Morgan fingerprint density at radius 1 is 1.17 bits per heavy atom. The SMILES string of the molecule is CCOC(=O)CCCn1nnnc1C(NC1CCN(C(=O)C2CCCC2)C1)c1nn(C)c2c1CCC2. The van der Waals surface area contributed by atoms with Crippen LogP contribution < -0.4 is 5.32 Å². The molecule has 1 saturated heterocycles. The molecule has 1 aliphatic heterocycles. The van der Waals surface area contributed by atoms with Crippen molar-refractivity contribution in [2.24, 2.45) is 13.0 Å². The lowest BCUT2D eigenvalue weighted by molar-refractivity contribution is -0.143.